The lowest BCUT2D eigenvalue weighted by molar-refractivity contribution is -0.132. The highest BCUT2D eigenvalue weighted by Crippen LogP contribution is 2.28. The molecule has 1 aliphatic heterocycles. The van der Waals surface area contributed by atoms with Crippen LogP contribution >= 0.6 is 0 Å². The van der Waals surface area contributed by atoms with Crippen LogP contribution in [0, 0.1) is 20.8 Å². The summed E-state index contributed by atoms with van der Waals surface area (Å²) in [5, 5.41) is 3.31. The summed E-state index contributed by atoms with van der Waals surface area (Å²) in [7, 11) is 0. The number of nitrogens with zero attached hydrogens (tertiary/aromatic N) is 4. The van der Waals surface area contributed by atoms with E-state index in [-0.39, 0.29) is 11.8 Å². The molecule has 6 nitrogen and oxygen atoms in total. The predicted octanol–water partition coefficient (Wildman–Crippen LogP) is 3.66. The van der Waals surface area contributed by atoms with Crippen molar-refractivity contribution in [3.63, 3.8) is 0 Å². The third-order valence-corrected chi connectivity index (χ3v) is 4.71. The molecule has 3 rings (SSSR count). The number of aryl methyl sites for hydroxylation is 3. The maximum absolute atomic E-state index is 12.1. The predicted molar refractivity (Wildman–Crippen MR) is 103 cm³/mol. The van der Waals surface area contributed by atoms with Gasteiger partial charge in [0, 0.05) is 53.9 Å². The SMILES string of the molecule is CCC(=O)N1CCC[C@H](c2cc(Nc3nc(C)cc(C)n3)cc(C)n2)C1. The lowest BCUT2D eigenvalue weighted by Crippen LogP contribution is -2.38. The van der Waals surface area contributed by atoms with E-state index in [0.717, 1.165) is 54.4 Å². The third-order valence-electron chi connectivity index (χ3n) is 4.71. The van der Waals surface area contributed by atoms with Gasteiger partial charge < -0.3 is 10.2 Å². The Balaban J connectivity index is 1.82. The number of hydrogen-bond donors (Lipinski definition) is 1. The summed E-state index contributed by atoms with van der Waals surface area (Å²) in [5.41, 5.74) is 4.80. The summed E-state index contributed by atoms with van der Waals surface area (Å²) in [6.07, 6.45) is 2.64. The summed E-state index contributed by atoms with van der Waals surface area (Å²) in [6.45, 7) is 9.45. The number of piperidine rings is 1. The normalized spacial score (nSPS) is 17.2. The Kier molecular flexibility index (Phi) is 5.49. The number of anilines is 2. The van der Waals surface area contributed by atoms with Crippen LogP contribution in [0.3, 0.4) is 0 Å². The molecular formula is C20H27N5O. The minimum Gasteiger partial charge on any atom is -0.342 e. The van der Waals surface area contributed by atoms with Gasteiger partial charge >= 0.3 is 0 Å². The Labute approximate surface area is 155 Å². The van der Waals surface area contributed by atoms with Crippen LogP contribution in [0.4, 0.5) is 11.6 Å². The Morgan fingerprint density at radius 3 is 2.50 bits per heavy atom. The molecule has 26 heavy (non-hydrogen) atoms. The monoisotopic (exact) mass is 353 g/mol. The van der Waals surface area contributed by atoms with E-state index in [9.17, 15) is 4.79 Å². The fourth-order valence-electron chi connectivity index (χ4n) is 3.56. The molecule has 3 heterocycles. The molecule has 1 amide bonds. The highest BCUT2D eigenvalue weighted by molar-refractivity contribution is 5.76. The molecule has 2 aromatic heterocycles. The van der Waals surface area contributed by atoms with Gasteiger partial charge in [-0.2, -0.15) is 0 Å². The number of hydrogen-bond acceptors (Lipinski definition) is 5. The van der Waals surface area contributed by atoms with E-state index in [1.165, 1.54) is 0 Å². The first-order valence-corrected chi connectivity index (χ1v) is 9.30. The van der Waals surface area contributed by atoms with Gasteiger partial charge in [-0.15, -0.1) is 0 Å². The van der Waals surface area contributed by atoms with E-state index < -0.39 is 0 Å². The standard InChI is InChI=1S/C20H27N5O/c1-5-19(26)25-8-6-7-16(12-25)18-11-17(10-15(4)21-18)24-20-22-13(2)9-14(3)23-20/h9-11,16H,5-8,12H2,1-4H3,(H,21,22,23,24)/t16-/m0/s1. The van der Waals surface area contributed by atoms with E-state index >= 15 is 0 Å². The van der Waals surface area contributed by atoms with Gasteiger partial charge in [-0.05, 0) is 51.8 Å². The lowest BCUT2D eigenvalue weighted by atomic mass is 9.93. The molecule has 0 saturated carbocycles. The van der Waals surface area contributed by atoms with Crippen molar-refractivity contribution >= 4 is 17.5 Å². The zero-order valence-electron chi connectivity index (χ0n) is 16.0. The summed E-state index contributed by atoms with van der Waals surface area (Å²) in [6, 6.07) is 6.02. The number of carbonyl (C=O) groups is 1. The Bertz CT molecular complexity index is 785. The smallest absolute Gasteiger partial charge is 0.227 e. The van der Waals surface area contributed by atoms with Crippen molar-refractivity contribution in [2.45, 2.75) is 52.9 Å². The maximum Gasteiger partial charge on any atom is 0.227 e. The van der Waals surface area contributed by atoms with Crippen LogP contribution in [0.1, 0.15) is 54.9 Å². The van der Waals surface area contributed by atoms with Gasteiger partial charge in [0.15, 0.2) is 0 Å². The summed E-state index contributed by atoms with van der Waals surface area (Å²) in [5.74, 6) is 1.11. The lowest BCUT2D eigenvalue weighted by Gasteiger charge is -2.32. The van der Waals surface area contributed by atoms with Crippen molar-refractivity contribution in [1.29, 1.82) is 0 Å². The van der Waals surface area contributed by atoms with E-state index in [2.05, 4.69) is 21.4 Å². The minimum absolute atomic E-state index is 0.226. The molecule has 6 heteroatoms. The second-order valence-electron chi connectivity index (χ2n) is 7.05. The number of rotatable bonds is 4. The Hall–Kier alpha value is -2.50. The van der Waals surface area contributed by atoms with Crippen LogP contribution in [-0.4, -0.2) is 38.8 Å². The second kappa shape index (κ2) is 7.81. The molecule has 1 fully saturated rings. The van der Waals surface area contributed by atoms with Gasteiger partial charge in [0.05, 0.1) is 0 Å². The quantitative estimate of drug-likeness (QED) is 0.908. The van der Waals surface area contributed by atoms with Crippen LogP contribution in [0.25, 0.3) is 0 Å². The number of pyridine rings is 1. The van der Waals surface area contributed by atoms with Gasteiger partial charge in [-0.25, -0.2) is 9.97 Å². The van der Waals surface area contributed by atoms with Crippen molar-refractivity contribution < 1.29 is 4.79 Å². The number of amides is 1. The van der Waals surface area contributed by atoms with Crippen molar-refractivity contribution in [3.8, 4) is 0 Å². The molecule has 0 radical (unpaired) electrons. The Morgan fingerprint density at radius 2 is 1.81 bits per heavy atom. The van der Waals surface area contributed by atoms with Gasteiger partial charge in [0.1, 0.15) is 0 Å². The molecule has 138 valence electrons. The summed E-state index contributed by atoms with van der Waals surface area (Å²) >= 11 is 0. The number of likely N-dealkylation sites (tertiary alicyclic amines) is 1. The highest BCUT2D eigenvalue weighted by Gasteiger charge is 2.25. The van der Waals surface area contributed by atoms with Crippen LogP contribution in [-0.2, 0) is 4.79 Å². The fourth-order valence-corrected chi connectivity index (χ4v) is 3.56. The van der Waals surface area contributed by atoms with Crippen LogP contribution in [0.2, 0.25) is 0 Å². The van der Waals surface area contributed by atoms with Crippen LogP contribution in [0.5, 0.6) is 0 Å². The van der Waals surface area contributed by atoms with E-state index in [4.69, 9.17) is 4.98 Å². The molecular weight excluding hydrogens is 326 g/mol. The van der Waals surface area contributed by atoms with E-state index in [1.54, 1.807) is 0 Å². The largest absolute Gasteiger partial charge is 0.342 e. The molecule has 1 saturated heterocycles. The number of nitrogens with one attached hydrogen (secondary N) is 1. The molecule has 2 aromatic rings. The first-order valence-electron chi connectivity index (χ1n) is 9.30. The van der Waals surface area contributed by atoms with Gasteiger partial charge in [-0.1, -0.05) is 6.92 Å². The van der Waals surface area contributed by atoms with E-state index in [1.807, 2.05) is 44.7 Å². The van der Waals surface area contributed by atoms with Gasteiger partial charge in [0.25, 0.3) is 0 Å². The molecule has 0 bridgehead atoms. The minimum atomic E-state index is 0.226. The number of aromatic nitrogens is 3. The van der Waals surface area contributed by atoms with Gasteiger partial charge in [0.2, 0.25) is 11.9 Å². The van der Waals surface area contributed by atoms with Crippen LogP contribution in [0.15, 0.2) is 18.2 Å². The zero-order valence-corrected chi connectivity index (χ0v) is 16.0. The second-order valence-corrected chi connectivity index (χ2v) is 7.05. The van der Waals surface area contributed by atoms with Crippen molar-refractivity contribution in [2.24, 2.45) is 0 Å². The molecule has 1 N–H and O–H groups in total. The summed E-state index contributed by atoms with van der Waals surface area (Å²) < 4.78 is 0. The first-order chi connectivity index (χ1) is 12.4. The first kappa shape index (κ1) is 18.3. The molecule has 0 aromatic carbocycles. The fraction of sp³-hybridized carbons (Fsp3) is 0.500. The molecule has 0 spiro atoms. The van der Waals surface area contributed by atoms with Crippen molar-refractivity contribution in [1.82, 2.24) is 19.9 Å². The van der Waals surface area contributed by atoms with Crippen LogP contribution < -0.4 is 5.32 Å². The molecule has 1 aliphatic rings. The number of carbonyl (C=O) groups excluding carboxylic acids is 1. The average molecular weight is 353 g/mol. The summed E-state index contributed by atoms with van der Waals surface area (Å²) in [4.78, 5) is 27.7. The molecule has 1 atom stereocenters. The molecule has 0 unspecified atom stereocenters. The Morgan fingerprint density at radius 1 is 1.12 bits per heavy atom. The van der Waals surface area contributed by atoms with E-state index in [0.29, 0.717) is 12.4 Å². The maximum atomic E-state index is 12.1. The average Bonchev–Trinajstić information content (AvgIpc) is 2.59. The molecule has 0 aliphatic carbocycles. The topological polar surface area (TPSA) is 71.0 Å². The van der Waals surface area contributed by atoms with Crippen molar-refractivity contribution in [3.05, 3.63) is 41.0 Å². The zero-order chi connectivity index (χ0) is 18.7. The van der Waals surface area contributed by atoms with Crippen molar-refractivity contribution in [2.75, 3.05) is 18.4 Å². The van der Waals surface area contributed by atoms with Gasteiger partial charge in [-0.3, -0.25) is 9.78 Å². The third kappa shape index (κ3) is 4.36. The highest BCUT2D eigenvalue weighted by atomic mass is 16.2.